The van der Waals surface area contributed by atoms with E-state index in [0.717, 1.165) is 28.9 Å². The number of β-amino-alcohol motifs (C(OH)–C–C–N with tert-alkyl or cyclic N) is 1. The van der Waals surface area contributed by atoms with Gasteiger partial charge in [0.05, 0.1) is 0 Å². The van der Waals surface area contributed by atoms with Crippen molar-refractivity contribution in [3.8, 4) is 16.9 Å². The van der Waals surface area contributed by atoms with Gasteiger partial charge in [-0.05, 0) is 68.2 Å². The van der Waals surface area contributed by atoms with E-state index in [9.17, 15) is 5.11 Å². The zero-order chi connectivity index (χ0) is 18.4. The number of benzene rings is 2. The van der Waals surface area contributed by atoms with Crippen LogP contribution < -0.4 is 4.74 Å². The number of aliphatic hydroxyl groups is 1. The maximum absolute atomic E-state index is 10.7. The smallest absolute Gasteiger partial charge is 0.119 e. The number of hydrogen-bond acceptors (Lipinski definition) is 3. The van der Waals surface area contributed by atoms with Crippen molar-refractivity contribution in [2.45, 2.75) is 38.2 Å². The summed E-state index contributed by atoms with van der Waals surface area (Å²) in [4.78, 5) is 2.37. The van der Waals surface area contributed by atoms with Gasteiger partial charge >= 0.3 is 0 Å². The fourth-order valence-corrected chi connectivity index (χ4v) is 3.71. The van der Waals surface area contributed by atoms with E-state index in [1.54, 1.807) is 0 Å². The summed E-state index contributed by atoms with van der Waals surface area (Å²) < 4.78 is 6.95. The minimum Gasteiger partial charge on any atom is -0.491 e. The maximum atomic E-state index is 10.7. The molecule has 2 aromatic rings. The lowest BCUT2D eigenvalue weighted by Gasteiger charge is -2.30. The molecule has 1 N–H and O–H groups in total. The van der Waals surface area contributed by atoms with Crippen molar-refractivity contribution in [2.24, 2.45) is 0 Å². The Balaban J connectivity index is 1.54. The van der Waals surface area contributed by atoms with Crippen molar-refractivity contribution in [1.29, 1.82) is 0 Å². The molecular formula is C22H28BrNO2. The summed E-state index contributed by atoms with van der Waals surface area (Å²) in [6, 6.07) is 16.3. The van der Waals surface area contributed by atoms with Gasteiger partial charge in [0, 0.05) is 11.0 Å². The van der Waals surface area contributed by atoms with E-state index in [1.165, 1.54) is 31.2 Å². The zero-order valence-electron chi connectivity index (χ0n) is 15.5. The predicted octanol–water partition coefficient (Wildman–Crippen LogP) is 5.12. The summed E-state index contributed by atoms with van der Waals surface area (Å²) in [5.74, 6) is 0.794. The van der Waals surface area contributed by atoms with Gasteiger partial charge in [0.2, 0.25) is 0 Å². The summed E-state index contributed by atoms with van der Waals surface area (Å²) >= 11 is 3.46. The lowest BCUT2D eigenvalue weighted by Crippen LogP contribution is -2.45. The zero-order valence-corrected chi connectivity index (χ0v) is 17.0. The molecule has 4 heteroatoms. The molecule has 3 rings (SSSR count). The molecule has 140 valence electrons. The summed E-state index contributed by atoms with van der Waals surface area (Å²) in [6.45, 7) is 5.01. The van der Waals surface area contributed by atoms with Gasteiger partial charge in [-0.15, -0.1) is 0 Å². The molecule has 3 nitrogen and oxygen atoms in total. The number of nitrogens with zero attached hydrogens (tertiary/aromatic N) is 1. The van der Waals surface area contributed by atoms with Crippen molar-refractivity contribution < 1.29 is 9.84 Å². The number of hydrogen-bond donors (Lipinski definition) is 1. The van der Waals surface area contributed by atoms with Gasteiger partial charge in [-0.2, -0.15) is 0 Å². The quantitative estimate of drug-likeness (QED) is 0.707. The molecule has 1 fully saturated rings. The van der Waals surface area contributed by atoms with Gasteiger partial charge in [-0.1, -0.05) is 53.0 Å². The molecular weight excluding hydrogens is 390 g/mol. The normalized spacial score (nSPS) is 18.1. The Kier molecular flexibility index (Phi) is 6.74. The molecule has 1 aliphatic heterocycles. The highest BCUT2D eigenvalue weighted by atomic mass is 79.9. The lowest BCUT2D eigenvalue weighted by atomic mass is 10.1. The molecule has 0 saturated carbocycles. The Morgan fingerprint density at radius 3 is 2.04 bits per heavy atom. The Morgan fingerprint density at radius 1 is 0.923 bits per heavy atom. The lowest BCUT2D eigenvalue weighted by molar-refractivity contribution is -0.0168. The summed E-state index contributed by atoms with van der Waals surface area (Å²) in [5, 5.41) is 10.7. The van der Waals surface area contributed by atoms with E-state index in [1.807, 2.05) is 31.2 Å². The van der Waals surface area contributed by atoms with Gasteiger partial charge in [0.1, 0.15) is 18.0 Å². The minimum atomic E-state index is -0.839. The first kappa shape index (κ1) is 19.4. The molecule has 1 heterocycles. The van der Waals surface area contributed by atoms with Gasteiger partial charge in [0.15, 0.2) is 0 Å². The minimum absolute atomic E-state index is 0.307. The Morgan fingerprint density at radius 2 is 1.46 bits per heavy atom. The molecule has 1 saturated heterocycles. The molecule has 26 heavy (non-hydrogen) atoms. The van der Waals surface area contributed by atoms with Crippen molar-refractivity contribution in [2.75, 3.05) is 26.2 Å². The van der Waals surface area contributed by atoms with Crippen molar-refractivity contribution >= 4 is 15.9 Å². The average molecular weight is 418 g/mol. The van der Waals surface area contributed by atoms with Crippen LogP contribution in [0, 0.1) is 0 Å². The Labute approximate surface area is 165 Å². The first-order valence-corrected chi connectivity index (χ1v) is 10.2. The summed E-state index contributed by atoms with van der Waals surface area (Å²) in [6.07, 6.45) is 5.07. The number of ether oxygens (including phenoxy) is 1. The van der Waals surface area contributed by atoms with E-state index >= 15 is 0 Å². The molecule has 2 aromatic carbocycles. The molecule has 0 amide bonds. The van der Waals surface area contributed by atoms with Crippen LogP contribution in [0.25, 0.3) is 11.1 Å². The first-order chi connectivity index (χ1) is 12.5. The molecule has 0 aliphatic carbocycles. The highest BCUT2D eigenvalue weighted by Crippen LogP contribution is 2.24. The van der Waals surface area contributed by atoms with Gasteiger partial charge in [-0.3, -0.25) is 0 Å². The largest absolute Gasteiger partial charge is 0.491 e. The number of rotatable bonds is 6. The molecule has 0 spiro atoms. The molecule has 1 atom stereocenters. The standard InChI is InChI=1S/C22H28BrNO2/c1-22(25,16-24-14-4-2-3-5-15-24)17-26-21-12-8-19(9-13-21)18-6-10-20(23)11-7-18/h6-13,25H,2-5,14-17H2,1H3. The van der Waals surface area contributed by atoms with E-state index in [4.69, 9.17) is 4.74 Å². The summed E-state index contributed by atoms with van der Waals surface area (Å²) in [7, 11) is 0. The molecule has 0 radical (unpaired) electrons. The number of likely N-dealkylation sites (tertiary alicyclic amines) is 1. The van der Waals surface area contributed by atoms with Crippen molar-refractivity contribution in [3.05, 3.63) is 53.0 Å². The fourth-order valence-electron chi connectivity index (χ4n) is 3.45. The van der Waals surface area contributed by atoms with E-state index in [-0.39, 0.29) is 0 Å². The van der Waals surface area contributed by atoms with Crippen LogP contribution in [0.4, 0.5) is 0 Å². The predicted molar refractivity (Wildman–Crippen MR) is 111 cm³/mol. The van der Waals surface area contributed by atoms with Crippen LogP contribution in [-0.2, 0) is 0 Å². The molecule has 1 aliphatic rings. The molecule has 0 bridgehead atoms. The summed E-state index contributed by atoms with van der Waals surface area (Å²) in [5.41, 5.74) is 1.49. The van der Waals surface area contributed by atoms with Crippen LogP contribution in [0.15, 0.2) is 53.0 Å². The van der Waals surface area contributed by atoms with Crippen LogP contribution in [0.1, 0.15) is 32.6 Å². The third-order valence-corrected chi connectivity index (χ3v) is 5.37. The van der Waals surface area contributed by atoms with Crippen LogP contribution in [0.5, 0.6) is 5.75 Å². The first-order valence-electron chi connectivity index (χ1n) is 9.45. The van der Waals surface area contributed by atoms with Crippen molar-refractivity contribution in [3.63, 3.8) is 0 Å². The third-order valence-electron chi connectivity index (χ3n) is 4.84. The van der Waals surface area contributed by atoms with E-state index in [0.29, 0.717) is 13.2 Å². The molecule has 0 aromatic heterocycles. The van der Waals surface area contributed by atoms with Gasteiger partial charge in [-0.25, -0.2) is 0 Å². The van der Waals surface area contributed by atoms with Crippen molar-refractivity contribution in [1.82, 2.24) is 4.90 Å². The highest BCUT2D eigenvalue weighted by Gasteiger charge is 2.25. The Hall–Kier alpha value is -1.36. The monoisotopic (exact) mass is 417 g/mol. The van der Waals surface area contributed by atoms with Crippen LogP contribution in [0.3, 0.4) is 0 Å². The SMILES string of the molecule is CC(O)(COc1ccc(-c2ccc(Br)cc2)cc1)CN1CCCCCC1. The highest BCUT2D eigenvalue weighted by molar-refractivity contribution is 9.10. The van der Waals surface area contributed by atoms with Gasteiger partial charge in [0.25, 0.3) is 0 Å². The Bertz CT molecular complexity index is 674. The second-order valence-electron chi connectivity index (χ2n) is 7.51. The number of halogens is 1. The molecule has 1 unspecified atom stereocenters. The second-order valence-corrected chi connectivity index (χ2v) is 8.42. The topological polar surface area (TPSA) is 32.7 Å². The van der Waals surface area contributed by atoms with E-state index in [2.05, 4.69) is 45.1 Å². The second kappa shape index (κ2) is 9.03. The average Bonchev–Trinajstić information content (AvgIpc) is 2.89. The van der Waals surface area contributed by atoms with Crippen LogP contribution in [0.2, 0.25) is 0 Å². The van der Waals surface area contributed by atoms with Crippen LogP contribution >= 0.6 is 15.9 Å². The third kappa shape index (κ3) is 5.83. The maximum Gasteiger partial charge on any atom is 0.119 e. The van der Waals surface area contributed by atoms with Crippen LogP contribution in [-0.4, -0.2) is 41.8 Å². The van der Waals surface area contributed by atoms with E-state index < -0.39 is 5.60 Å². The fraction of sp³-hybridized carbons (Fsp3) is 0.455. The van der Waals surface area contributed by atoms with Gasteiger partial charge < -0.3 is 14.7 Å².